The maximum Gasteiger partial charge on any atom is 0.337 e. The summed E-state index contributed by atoms with van der Waals surface area (Å²) in [5.41, 5.74) is 1.99. The molecule has 7 nitrogen and oxygen atoms in total. The number of nitrogens with one attached hydrogen (secondary N) is 1. The summed E-state index contributed by atoms with van der Waals surface area (Å²) >= 11 is 0. The van der Waals surface area contributed by atoms with Gasteiger partial charge in [0.05, 0.1) is 25.8 Å². The zero-order chi connectivity index (χ0) is 18.7. The van der Waals surface area contributed by atoms with Crippen LogP contribution in [0.2, 0.25) is 0 Å². The highest BCUT2D eigenvalue weighted by Gasteiger charge is 2.34. The Morgan fingerprint density at radius 1 is 1.27 bits per heavy atom. The number of anilines is 1. The fourth-order valence-corrected chi connectivity index (χ4v) is 2.80. The monoisotopic (exact) mass is 356 g/mol. The van der Waals surface area contributed by atoms with E-state index in [2.05, 4.69) is 5.32 Å². The minimum absolute atomic E-state index is 0.109. The second-order valence-corrected chi connectivity index (χ2v) is 5.91. The maximum absolute atomic E-state index is 12.5. The van der Waals surface area contributed by atoms with Crippen molar-refractivity contribution in [2.24, 2.45) is 0 Å². The van der Waals surface area contributed by atoms with E-state index in [9.17, 15) is 9.59 Å². The largest absolute Gasteiger partial charge is 0.466 e. The Bertz CT molecular complexity index is 851. The fourth-order valence-electron chi connectivity index (χ4n) is 2.80. The van der Waals surface area contributed by atoms with Crippen LogP contribution in [0.1, 0.15) is 5.76 Å². The summed E-state index contributed by atoms with van der Waals surface area (Å²) in [6, 6.07) is 11.1. The summed E-state index contributed by atoms with van der Waals surface area (Å²) in [5, 5.41) is 12.1. The van der Waals surface area contributed by atoms with Gasteiger partial charge in [-0.3, -0.25) is 4.79 Å². The molecule has 1 aromatic carbocycles. The van der Waals surface area contributed by atoms with Gasteiger partial charge in [-0.15, -0.1) is 0 Å². The van der Waals surface area contributed by atoms with Crippen LogP contribution in [-0.2, 0) is 14.3 Å². The minimum Gasteiger partial charge on any atom is -0.466 e. The Morgan fingerprint density at radius 2 is 2.00 bits per heavy atom. The van der Waals surface area contributed by atoms with Gasteiger partial charge in [0.2, 0.25) is 0 Å². The number of aliphatic hydroxyl groups is 1. The van der Waals surface area contributed by atoms with Crippen molar-refractivity contribution in [3.05, 3.63) is 53.4 Å². The first-order valence-electron chi connectivity index (χ1n) is 8.19. The number of furan rings is 1. The zero-order valence-electron chi connectivity index (χ0n) is 14.6. The van der Waals surface area contributed by atoms with Crippen LogP contribution in [0.15, 0.2) is 52.1 Å². The number of esters is 1. The number of carbonyl (C=O) groups is 2. The van der Waals surface area contributed by atoms with Crippen LogP contribution in [0.3, 0.4) is 0 Å². The predicted molar refractivity (Wildman–Crippen MR) is 95.2 cm³/mol. The molecule has 0 aliphatic carbocycles. The van der Waals surface area contributed by atoms with Gasteiger partial charge in [-0.25, -0.2) is 4.79 Å². The number of aryl methyl sites for hydroxylation is 1. The molecule has 0 bridgehead atoms. The molecule has 0 spiro atoms. The first-order valence-corrected chi connectivity index (χ1v) is 8.19. The number of hydrogen-bond acceptors (Lipinski definition) is 6. The first kappa shape index (κ1) is 17.8. The molecule has 0 fully saturated rings. The Morgan fingerprint density at radius 3 is 2.58 bits per heavy atom. The maximum atomic E-state index is 12.5. The van der Waals surface area contributed by atoms with E-state index < -0.39 is 5.97 Å². The van der Waals surface area contributed by atoms with Crippen LogP contribution in [0.25, 0.3) is 11.3 Å². The topological polar surface area (TPSA) is 92.0 Å². The third-order valence-electron chi connectivity index (χ3n) is 4.13. The number of carbonyl (C=O) groups excluding carboxylic acids is 2. The number of hydrogen-bond donors (Lipinski definition) is 2. The van der Waals surface area contributed by atoms with Gasteiger partial charge in [-0.2, -0.15) is 0 Å². The van der Waals surface area contributed by atoms with Gasteiger partial charge < -0.3 is 24.5 Å². The van der Waals surface area contributed by atoms with Crippen LogP contribution < -0.4 is 5.32 Å². The third-order valence-corrected chi connectivity index (χ3v) is 4.13. The molecule has 2 N–H and O–H groups in total. The summed E-state index contributed by atoms with van der Waals surface area (Å²) in [6.07, 6.45) is 0. The average molecular weight is 356 g/mol. The molecule has 1 aliphatic rings. The smallest absolute Gasteiger partial charge is 0.337 e. The lowest BCUT2D eigenvalue weighted by molar-refractivity contribution is -0.136. The summed E-state index contributed by atoms with van der Waals surface area (Å²) in [6.45, 7) is 1.97. The highest BCUT2D eigenvalue weighted by molar-refractivity contribution is 6.08. The van der Waals surface area contributed by atoms with E-state index >= 15 is 0 Å². The van der Waals surface area contributed by atoms with Crippen LogP contribution in [0.5, 0.6) is 0 Å². The molecule has 0 saturated heterocycles. The lowest BCUT2D eigenvalue weighted by Gasteiger charge is -2.15. The number of nitrogens with zero attached hydrogens (tertiary/aromatic N) is 1. The number of β-amino-alcohol motifs (C(OH)–C–C–N with tert-alkyl or cyclic N) is 1. The van der Waals surface area contributed by atoms with E-state index in [-0.39, 0.29) is 36.9 Å². The molecule has 1 aromatic heterocycles. The van der Waals surface area contributed by atoms with Crippen molar-refractivity contribution in [2.75, 3.05) is 32.1 Å². The van der Waals surface area contributed by atoms with Crippen LogP contribution >= 0.6 is 0 Å². The summed E-state index contributed by atoms with van der Waals surface area (Å²) < 4.78 is 10.4. The van der Waals surface area contributed by atoms with Crippen LogP contribution in [0, 0.1) is 6.92 Å². The van der Waals surface area contributed by atoms with Gasteiger partial charge in [0.15, 0.2) is 0 Å². The molecular weight excluding hydrogens is 336 g/mol. The Hall–Kier alpha value is -3.06. The van der Waals surface area contributed by atoms with Crippen LogP contribution in [-0.4, -0.2) is 48.7 Å². The van der Waals surface area contributed by atoms with E-state index in [1.807, 2.05) is 31.2 Å². The highest BCUT2D eigenvalue weighted by Crippen LogP contribution is 2.26. The predicted octanol–water partition coefficient (Wildman–Crippen LogP) is 1.93. The molecule has 0 saturated carbocycles. The average Bonchev–Trinajstić information content (AvgIpc) is 3.21. The van der Waals surface area contributed by atoms with Crippen molar-refractivity contribution in [2.45, 2.75) is 6.92 Å². The van der Waals surface area contributed by atoms with Gasteiger partial charge in [-0.05, 0) is 43.3 Å². The molecule has 0 unspecified atom stereocenters. The zero-order valence-corrected chi connectivity index (χ0v) is 14.6. The molecule has 2 aromatic rings. The van der Waals surface area contributed by atoms with Crippen molar-refractivity contribution in [3.8, 4) is 11.3 Å². The second-order valence-electron chi connectivity index (χ2n) is 5.91. The van der Waals surface area contributed by atoms with E-state index in [4.69, 9.17) is 14.3 Å². The van der Waals surface area contributed by atoms with Crippen molar-refractivity contribution in [3.63, 3.8) is 0 Å². The molecule has 7 heteroatoms. The lowest BCUT2D eigenvalue weighted by atomic mass is 10.1. The molecule has 0 radical (unpaired) electrons. The number of benzene rings is 1. The van der Waals surface area contributed by atoms with Crippen molar-refractivity contribution in [1.82, 2.24) is 4.90 Å². The lowest BCUT2D eigenvalue weighted by Crippen LogP contribution is -2.31. The molecule has 1 aliphatic heterocycles. The van der Waals surface area contributed by atoms with E-state index in [1.54, 1.807) is 12.1 Å². The standard InChI is InChI=1S/C19H20N2O5/c1-12-3-8-16(26-12)13-4-6-14(7-5-13)20-17-15(19(24)25-2)11-21(9-10-22)18(17)23/h3-8,20,22H,9-11H2,1-2H3. The summed E-state index contributed by atoms with van der Waals surface area (Å²) in [5.74, 6) is 0.680. The molecule has 136 valence electrons. The Labute approximate surface area is 150 Å². The first-order chi connectivity index (χ1) is 12.5. The molecule has 3 rings (SSSR count). The van der Waals surface area contributed by atoms with E-state index in [1.165, 1.54) is 12.0 Å². The van der Waals surface area contributed by atoms with Gasteiger partial charge in [0.1, 0.15) is 17.2 Å². The van der Waals surface area contributed by atoms with Gasteiger partial charge in [0.25, 0.3) is 5.91 Å². The van der Waals surface area contributed by atoms with Crippen LogP contribution in [0.4, 0.5) is 5.69 Å². The van der Waals surface area contributed by atoms with E-state index in [0.29, 0.717) is 5.69 Å². The molecule has 0 atom stereocenters. The Balaban J connectivity index is 1.83. The van der Waals surface area contributed by atoms with Crippen molar-refractivity contribution < 1.29 is 23.8 Å². The van der Waals surface area contributed by atoms with Gasteiger partial charge in [-0.1, -0.05) is 0 Å². The normalized spacial score (nSPS) is 14.1. The molecule has 1 amide bonds. The minimum atomic E-state index is -0.566. The molecular formula is C19H20N2O5. The van der Waals surface area contributed by atoms with Gasteiger partial charge >= 0.3 is 5.97 Å². The summed E-state index contributed by atoms with van der Waals surface area (Å²) in [7, 11) is 1.27. The van der Waals surface area contributed by atoms with Gasteiger partial charge in [0, 0.05) is 17.8 Å². The van der Waals surface area contributed by atoms with Crippen molar-refractivity contribution in [1.29, 1.82) is 0 Å². The van der Waals surface area contributed by atoms with E-state index in [0.717, 1.165) is 17.1 Å². The fraction of sp³-hybridized carbons (Fsp3) is 0.263. The second kappa shape index (κ2) is 7.45. The van der Waals surface area contributed by atoms with Crippen molar-refractivity contribution >= 4 is 17.6 Å². The third kappa shape index (κ3) is 3.48. The summed E-state index contributed by atoms with van der Waals surface area (Å²) in [4.78, 5) is 25.9. The number of amides is 1. The number of methoxy groups -OCH3 is 1. The quantitative estimate of drug-likeness (QED) is 0.769. The molecule has 26 heavy (non-hydrogen) atoms. The Kier molecular flexibility index (Phi) is 5.09. The molecule has 2 heterocycles. The highest BCUT2D eigenvalue weighted by atomic mass is 16.5. The number of aliphatic hydroxyl groups excluding tert-OH is 1. The number of ether oxygens (including phenoxy) is 1. The number of rotatable bonds is 6. The SMILES string of the molecule is COC(=O)C1=C(Nc2ccc(-c3ccc(C)o3)cc2)C(=O)N(CCO)C1.